The van der Waals surface area contributed by atoms with Gasteiger partial charge in [0, 0.05) is 37.1 Å². The Labute approximate surface area is 156 Å². The number of nitrogens with one attached hydrogen (secondary N) is 1. The molecule has 1 fully saturated rings. The lowest BCUT2D eigenvalue weighted by molar-refractivity contribution is -0.120. The van der Waals surface area contributed by atoms with E-state index < -0.39 is 0 Å². The van der Waals surface area contributed by atoms with Crippen LogP contribution in [0.3, 0.4) is 0 Å². The summed E-state index contributed by atoms with van der Waals surface area (Å²) in [6, 6.07) is 11.8. The molecule has 1 amide bonds. The molecule has 4 rings (SSSR count). The Hall–Kier alpha value is -2.67. The van der Waals surface area contributed by atoms with E-state index in [9.17, 15) is 4.79 Å². The molecule has 0 aliphatic carbocycles. The van der Waals surface area contributed by atoms with Gasteiger partial charge in [0.05, 0.1) is 0 Å². The van der Waals surface area contributed by atoms with Crippen molar-refractivity contribution in [3.63, 3.8) is 0 Å². The molecule has 0 atom stereocenters. The quantitative estimate of drug-likeness (QED) is 0.767. The van der Waals surface area contributed by atoms with Gasteiger partial charge in [-0.1, -0.05) is 29.5 Å². The van der Waals surface area contributed by atoms with Crippen molar-refractivity contribution in [1.82, 2.24) is 14.8 Å². The molecule has 0 unspecified atom stereocenters. The third-order valence-corrected chi connectivity index (χ3v) is 5.77. The maximum Gasteiger partial charge on any atom is 0.227 e. The molecular weight excluding hydrogens is 346 g/mol. The fraction of sp³-hybridized carbons (Fsp3) is 0.316. The van der Waals surface area contributed by atoms with Crippen LogP contribution in [0.1, 0.15) is 18.4 Å². The van der Waals surface area contributed by atoms with Gasteiger partial charge in [-0.15, -0.1) is 10.2 Å². The minimum Gasteiger partial charge on any atom is -0.347 e. The summed E-state index contributed by atoms with van der Waals surface area (Å²) in [5.74, 6) is 0.159. The molecule has 1 saturated heterocycles. The number of amides is 1. The largest absolute Gasteiger partial charge is 0.347 e. The summed E-state index contributed by atoms with van der Waals surface area (Å²) in [5.41, 5.74) is 1.99. The fourth-order valence-electron chi connectivity index (χ4n) is 3.18. The number of piperidine rings is 1. The van der Waals surface area contributed by atoms with Crippen LogP contribution in [0.2, 0.25) is 0 Å². The number of rotatable bonds is 4. The van der Waals surface area contributed by atoms with Gasteiger partial charge in [0.25, 0.3) is 0 Å². The highest BCUT2D eigenvalue weighted by atomic mass is 32.1. The number of hydrogen-bond donors (Lipinski definition) is 1. The molecule has 134 valence electrons. The topological polar surface area (TPSA) is 63.1 Å². The highest BCUT2D eigenvalue weighted by Crippen LogP contribution is 2.28. The predicted octanol–water partition coefficient (Wildman–Crippen LogP) is 3.49. The summed E-state index contributed by atoms with van der Waals surface area (Å²) in [6.45, 7) is 3.66. The van der Waals surface area contributed by atoms with Crippen LogP contribution in [0.25, 0.3) is 5.13 Å². The first-order chi connectivity index (χ1) is 12.7. The average Bonchev–Trinajstić information content (AvgIpc) is 3.35. The molecule has 3 heterocycles. The van der Waals surface area contributed by atoms with Crippen molar-refractivity contribution in [3.8, 4) is 5.13 Å². The molecule has 0 saturated carbocycles. The molecule has 6 nitrogen and oxygen atoms in total. The van der Waals surface area contributed by atoms with E-state index in [1.165, 1.54) is 0 Å². The van der Waals surface area contributed by atoms with E-state index in [0.717, 1.165) is 47.4 Å². The number of hydrogen-bond acceptors (Lipinski definition) is 5. The lowest BCUT2D eigenvalue weighted by Crippen LogP contribution is -2.38. The number of aryl methyl sites for hydroxylation is 1. The first-order valence-corrected chi connectivity index (χ1v) is 9.60. The Morgan fingerprint density at radius 3 is 2.50 bits per heavy atom. The third kappa shape index (κ3) is 3.48. The van der Waals surface area contributed by atoms with Crippen LogP contribution in [0.5, 0.6) is 0 Å². The van der Waals surface area contributed by atoms with Crippen LogP contribution in [0.15, 0.2) is 48.8 Å². The van der Waals surface area contributed by atoms with Gasteiger partial charge in [0.2, 0.25) is 16.2 Å². The standard InChI is InChI=1S/C19H21N5OS/c1-14-6-2-3-7-16(14)20-17(25)15-8-12-24(13-9-15)19-22-21-18(26-19)23-10-4-5-11-23/h2-7,10-11,15H,8-9,12-13H2,1H3,(H,20,25). The average molecular weight is 367 g/mol. The van der Waals surface area contributed by atoms with Gasteiger partial charge in [-0.3, -0.25) is 9.36 Å². The predicted molar refractivity (Wildman–Crippen MR) is 104 cm³/mol. The maximum absolute atomic E-state index is 12.6. The zero-order valence-electron chi connectivity index (χ0n) is 14.6. The van der Waals surface area contributed by atoms with E-state index in [0.29, 0.717) is 0 Å². The molecule has 1 aliphatic heterocycles. The van der Waals surface area contributed by atoms with Crippen molar-refractivity contribution in [2.24, 2.45) is 5.92 Å². The molecular formula is C19H21N5OS. The van der Waals surface area contributed by atoms with E-state index >= 15 is 0 Å². The summed E-state index contributed by atoms with van der Waals surface area (Å²) < 4.78 is 1.96. The molecule has 1 aromatic carbocycles. The van der Waals surface area contributed by atoms with E-state index in [-0.39, 0.29) is 11.8 Å². The van der Waals surface area contributed by atoms with E-state index in [1.54, 1.807) is 11.3 Å². The van der Waals surface area contributed by atoms with Crippen molar-refractivity contribution in [3.05, 3.63) is 54.4 Å². The molecule has 7 heteroatoms. The lowest BCUT2D eigenvalue weighted by Gasteiger charge is -2.30. The van der Waals surface area contributed by atoms with Crippen molar-refractivity contribution in [2.75, 3.05) is 23.3 Å². The number of nitrogens with zero attached hydrogens (tertiary/aromatic N) is 4. The first kappa shape index (κ1) is 16.8. The zero-order valence-corrected chi connectivity index (χ0v) is 15.4. The van der Waals surface area contributed by atoms with Crippen molar-refractivity contribution in [1.29, 1.82) is 0 Å². The summed E-state index contributed by atoms with van der Waals surface area (Å²) in [4.78, 5) is 14.8. The van der Waals surface area contributed by atoms with E-state index in [2.05, 4.69) is 20.4 Å². The molecule has 0 spiro atoms. The summed E-state index contributed by atoms with van der Waals surface area (Å²) >= 11 is 1.58. The second kappa shape index (κ2) is 7.29. The van der Waals surface area contributed by atoms with Crippen LogP contribution in [0.4, 0.5) is 10.8 Å². The van der Waals surface area contributed by atoms with Gasteiger partial charge in [0.15, 0.2) is 0 Å². The van der Waals surface area contributed by atoms with Gasteiger partial charge in [0.1, 0.15) is 0 Å². The molecule has 2 aromatic heterocycles. The Morgan fingerprint density at radius 2 is 1.77 bits per heavy atom. The van der Waals surface area contributed by atoms with Crippen molar-refractivity contribution in [2.45, 2.75) is 19.8 Å². The van der Waals surface area contributed by atoms with Crippen LogP contribution >= 0.6 is 11.3 Å². The molecule has 0 radical (unpaired) electrons. The van der Waals surface area contributed by atoms with Crippen molar-refractivity contribution >= 4 is 28.1 Å². The Balaban J connectivity index is 1.35. The molecule has 1 aliphatic rings. The van der Waals surface area contributed by atoms with Crippen LogP contribution in [0, 0.1) is 12.8 Å². The van der Waals surface area contributed by atoms with Crippen LogP contribution in [-0.4, -0.2) is 33.8 Å². The normalized spacial score (nSPS) is 15.2. The molecule has 26 heavy (non-hydrogen) atoms. The first-order valence-electron chi connectivity index (χ1n) is 8.79. The number of para-hydroxylation sites is 1. The summed E-state index contributed by atoms with van der Waals surface area (Å²) in [7, 11) is 0. The maximum atomic E-state index is 12.6. The lowest BCUT2D eigenvalue weighted by atomic mass is 9.96. The van der Waals surface area contributed by atoms with E-state index in [1.807, 2.05) is 60.3 Å². The summed E-state index contributed by atoms with van der Waals surface area (Å²) in [6.07, 6.45) is 5.59. The number of carbonyl (C=O) groups excluding carboxylic acids is 1. The van der Waals surface area contributed by atoms with E-state index in [4.69, 9.17) is 0 Å². The number of carbonyl (C=O) groups is 1. The monoisotopic (exact) mass is 367 g/mol. The second-order valence-corrected chi connectivity index (χ2v) is 7.46. The highest BCUT2D eigenvalue weighted by Gasteiger charge is 2.27. The molecule has 1 N–H and O–H groups in total. The third-order valence-electron chi connectivity index (χ3n) is 4.77. The van der Waals surface area contributed by atoms with Gasteiger partial charge in [-0.25, -0.2) is 0 Å². The highest BCUT2D eigenvalue weighted by molar-refractivity contribution is 7.17. The van der Waals surface area contributed by atoms with Gasteiger partial charge in [-0.2, -0.15) is 0 Å². The number of anilines is 2. The molecule has 0 bridgehead atoms. The number of benzene rings is 1. The minimum absolute atomic E-state index is 0.0442. The second-order valence-electron chi connectivity index (χ2n) is 6.52. The fourth-order valence-corrected chi connectivity index (χ4v) is 4.05. The van der Waals surface area contributed by atoms with Gasteiger partial charge >= 0.3 is 0 Å². The Morgan fingerprint density at radius 1 is 1.08 bits per heavy atom. The smallest absolute Gasteiger partial charge is 0.227 e. The Bertz CT molecular complexity index is 881. The van der Waals surface area contributed by atoms with Gasteiger partial charge < -0.3 is 10.2 Å². The van der Waals surface area contributed by atoms with Crippen LogP contribution in [-0.2, 0) is 4.79 Å². The van der Waals surface area contributed by atoms with Crippen molar-refractivity contribution < 1.29 is 4.79 Å². The van der Waals surface area contributed by atoms with Gasteiger partial charge in [-0.05, 0) is 43.5 Å². The number of aromatic nitrogens is 3. The van der Waals surface area contributed by atoms with Crippen LogP contribution < -0.4 is 10.2 Å². The SMILES string of the molecule is Cc1ccccc1NC(=O)C1CCN(c2nnc(-n3cccc3)s2)CC1. The zero-order chi connectivity index (χ0) is 17.9. The summed E-state index contributed by atoms with van der Waals surface area (Å²) in [5, 5.41) is 13.4. The Kier molecular flexibility index (Phi) is 4.71. The minimum atomic E-state index is 0.0442. The molecule has 3 aromatic rings.